The summed E-state index contributed by atoms with van der Waals surface area (Å²) in [6, 6.07) is 0. The van der Waals surface area contributed by atoms with Crippen molar-refractivity contribution in [3.63, 3.8) is 0 Å². The molecule has 150 valence electrons. The number of rotatable bonds is 5. The van der Waals surface area contributed by atoms with Gasteiger partial charge in [-0.15, -0.1) is 0 Å². The first-order chi connectivity index (χ1) is 12.3. The molecule has 2 fully saturated rings. The molecule has 0 bridgehead atoms. The molecule has 6 heteroatoms. The second kappa shape index (κ2) is 8.96. The Kier molecular flexibility index (Phi) is 7.18. The van der Waals surface area contributed by atoms with E-state index in [2.05, 4.69) is 22.5 Å². The number of carbonyl (C=O) groups excluding carboxylic acids is 1. The fourth-order valence-electron chi connectivity index (χ4n) is 3.71. The lowest BCUT2D eigenvalue weighted by molar-refractivity contribution is 0.0185. The highest BCUT2D eigenvalue weighted by molar-refractivity contribution is 5.79. The Bertz CT molecular complexity index is 481. The number of carbonyl (C=O) groups is 1. The summed E-state index contributed by atoms with van der Waals surface area (Å²) >= 11 is 0. The van der Waals surface area contributed by atoms with Crippen molar-refractivity contribution in [1.29, 1.82) is 0 Å². The molecular formula is C20H38N4O2. The van der Waals surface area contributed by atoms with Gasteiger partial charge < -0.3 is 20.3 Å². The number of hydrogen-bond acceptors (Lipinski definition) is 3. The van der Waals surface area contributed by atoms with Gasteiger partial charge in [-0.25, -0.2) is 4.79 Å². The third kappa shape index (κ3) is 6.06. The minimum absolute atomic E-state index is 0.188. The van der Waals surface area contributed by atoms with Crippen LogP contribution >= 0.6 is 0 Å². The summed E-state index contributed by atoms with van der Waals surface area (Å²) in [6.45, 7) is 11.5. The SMILES string of the molecule is CCC1(CNC(=NC)NCC2CCN(C(=O)OC(C)(C)C)CC2)CCC1. The smallest absolute Gasteiger partial charge is 0.410 e. The molecule has 1 saturated heterocycles. The average Bonchev–Trinajstić information content (AvgIpc) is 2.55. The molecule has 1 aliphatic heterocycles. The lowest BCUT2D eigenvalue weighted by Crippen LogP contribution is -2.48. The van der Waals surface area contributed by atoms with Crippen LogP contribution in [0.1, 0.15) is 66.2 Å². The lowest BCUT2D eigenvalue weighted by Gasteiger charge is -2.41. The van der Waals surface area contributed by atoms with Gasteiger partial charge in [-0.3, -0.25) is 4.99 Å². The monoisotopic (exact) mass is 366 g/mol. The van der Waals surface area contributed by atoms with Gasteiger partial charge in [-0.05, 0) is 64.2 Å². The van der Waals surface area contributed by atoms with Gasteiger partial charge >= 0.3 is 6.09 Å². The van der Waals surface area contributed by atoms with E-state index in [4.69, 9.17) is 4.74 Å². The number of guanidine groups is 1. The summed E-state index contributed by atoms with van der Waals surface area (Å²) in [6.07, 6.45) is 7.07. The first-order valence-electron chi connectivity index (χ1n) is 10.2. The summed E-state index contributed by atoms with van der Waals surface area (Å²) in [7, 11) is 1.83. The topological polar surface area (TPSA) is 66.0 Å². The van der Waals surface area contributed by atoms with Crippen LogP contribution in [0.4, 0.5) is 4.79 Å². The molecule has 26 heavy (non-hydrogen) atoms. The van der Waals surface area contributed by atoms with E-state index in [1.54, 1.807) is 0 Å². The molecule has 0 unspecified atom stereocenters. The number of amides is 1. The van der Waals surface area contributed by atoms with Gasteiger partial charge in [-0.1, -0.05) is 13.3 Å². The minimum Gasteiger partial charge on any atom is -0.444 e. The summed E-state index contributed by atoms with van der Waals surface area (Å²) in [5.41, 5.74) is 0.0559. The zero-order valence-electron chi connectivity index (χ0n) is 17.4. The Morgan fingerprint density at radius 2 is 1.88 bits per heavy atom. The standard InChI is InChI=1S/C20H38N4O2/c1-6-20(10-7-11-20)15-23-17(21-5)22-14-16-8-12-24(13-9-16)18(25)26-19(2,3)4/h16H,6-15H2,1-5H3,(H2,21,22,23). The van der Waals surface area contributed by atoms with Crippen molar-refractivity contribution >= 4 is 12.1 Å². The van der Waals surface area contributed by atoms with Crippen LogP contribution in [-0.4, -0.2) is 55.8 Å². The zero-order chi connectivity index (χ0) is 19.2. The van der Waals surface area contributed by atoms with Crippen molar-refractivity contribution in [2.45, 2.75) is 71.8 Å². The van der Waals surface area contributed by atoms with Crippen LogP contribution in [0.3, 0.4) is 0 Å². The van der Waals surface area contributed by atoms with E-state index in [0.717, 1.165) is 45.0 Å². The van der Waals surface area contributed by atoms with Crippen LogP contribution in [0, 0.1) is 11.3 Å². The second-order valence-corrected chi connectivity index (χ2v) is 8.92. The molecule has 1 heterocycles. The number of likely N-dealkylation sites (tertiary alicyclic amines) is 1. The molecule has 6 nitrogen and oxygen atoms in total. The van der Waals surface area contributed by atoms with Crippen LogP contribution in [-0.2, 0) is 4.74 Å². The van der Waals surface area contributed by atoms with Crippen LogP contribution in [0.15, 0.2) is 4.99 Å². The van der Waals surface area contributed by atoms with Gasteiger partial charge in [0.2, 0.25) is 0 Å². The molecule has 0 radical (unpaired) electrons. The van der Waals surface area contributed by atoms with Gasteiger partial charge in [0.15, 0.2) is 5.96 Å². The van der Waals surface area contributed by atoms with Gasteiger partial charge in [0.05, 0.1) is 0 Å². The molecule has 0 aromatic carbocycles. The summed E-state index contributed by atoms with van der Waals surface area (Å²) in [4.78, 5) is 18.3. The molecular weight excluding hydrogens is 328 g/mol. The van der Waals surface area contributed by atoms with E-state index in [-0.39, 0.29) is 6.09 Å². The zero-order valence-corrected chi connectivity index (χ0v) is 17.4. The predicted octanol–water partition coefficient (Wildman–Crippen LogP) is 3.38. The normalized spacial score (nSPS) is 21.1. The Balaban J connectivity index is 1.67. The van der Waals surface area contributed by atoms with Crippen molar-refractivity contribution in [2.75, 3.05) is 33.2 Å². The van der Waals surface area contributed by atoms with E-state index in [9.17, 15) is 4.79 Å². The van der Waals surface area contributed by atoms with Crippen LogP contribution in [0.5, 0.6) is 0 Å². The predicted molar refractivity (Wildman–Crippen MR) is 106 cm³/mol. The fourth-order valence-corrected chi connectivity index (χ4v) is 3.71. The molecule has 2 N–H and O–H groups in total. The van der Waals surface area contributed by atoms with Gasteiger partial charge in [0.25, 0.3) is 0 Å². The highest BCUT2D eigenvalue weighted by atomic mass is 16.6. The Morgan fingerprint density at radius 1 is 1.23 bits per heavy atom. The molecule has 0 aromatic rings. The maximum atomic E-state index is 12.1. The van der Waals surface area contributed by atoms with Crippen molar-refractivity contribution in [3.8, 4) is 0 Å². The number of nitrogens with one attached hydrogen (secondary N) is 2. The largest absolute Gasteiger partial charge is 0.444 e. The Hall–Kier alpha value is -1.46. The fraction of sp³-hybridized carbons (Fsp3) is 0.900. The number of piperidine rings is 1. The highest BCUT2D eigenvalue weighted by Gasteiger charge is 2.35. The Labute approximate surface area is 159 Å². The summed E-state index contributed by atoms with van der Waals surface area (Å²) in [5.74, 6) is 1.47. The van der Waals surface area contributed by atoms with Crippen LogP contribution < -0.4 is 10.6 Å². The lowest BCUT2D eigenvalue weighted by atomic mass is 9.67. The first-order valence-corrected chi connectivity index (χ1v) is 10.2. The van der Waals surface area contributed by atoms with Crippen LogP contribution in [0.2, 0.25) is 0 Å². The van der Waals surface area contributed by atoms with Crippen molar-refractivity contribution in [1.82, 2.24) is 15.5 Å². The van der Waals surface area contributed by atoms with E-state index in [0.29, 0.717) is 11.3 Å². The van der Waals surface area contributed by atoms with E-state index < -0.39 is 5.60 Å². The molecule has 1 amide bonds. The second-order valence-electron chi connectivity index (χ2n) is 8.92. The summed E-state index contributed by atoms with van der Waals surface area (Å²) in [5, 5.41) is 6.98. The maximum absolute atomic E-state index is 12.1. The molecule has 0 atom stereocenters. The molecule has 0 spiro atoms. The van der Waals surface area contributed by atoms with E-state index in [1.165, 1.54) is 25.7 Å². The third-order valence-corrected chi connectivity index (χ3v) is 5.84. The van der Waals surface area contributed by atoms with Crippen molar-refractivity contribution in [3.05, 3.63) is 0 Å². The average molecular weight is 367 g/mol. The first kappa shape index (κ1) is 20.8. The van der Waals surface area contributed by atoms with Crippen molar-refractivity contribution < 1.29 is 9.53 Å². The number of ether oxygens (including phenoxy) is 1. The minimum atomic E-state index is -0.427. The van der Waals surface area contributed by atoms with Crippen LogP contribution in [0.25, 0.3) is 0 Å². The molecule has 1 aliphatic carbocycles. The number of aliphatic imine (C=N–C) groups is 1. The molecule has 2 rings (SSSR count). The molecule has 2 aliphatic rings. The summed E-state index contributed by atoms with van der Waals surface area (Å²) < 4.78 is 5.46. The van der Waals surface area contributed by atoms with E-state index >= 15 is 0 Å². The van der Waals surface area contributed by atoms with Gasteiger partial charge in [0, 0.05) is 33.2 Å². The Morgan fingerprint density at radius 3 is 2.35 bits per heavy atom. The maximum Gasteiger partial charge on any atom is 0.410 e. The van der Waals surface area contributed by atoms with E-state index in [1.807, 2.05) is 32.7 Å². The van der Waals surface area contributed by atoms with Gasteiger partial charge in [-0.2, -0.15) is 0 Å². The highest BCUT2D eigenvalue weighted by Crippen LogP contribution is 2.42. The molecule has 0 aromatic heterocycles. The third-order valence-electron chi connectivity index (χ3n) is 5.84. The number of hydrogen-bond donors (Lipinski definition) is 2. The quantitative estimate of drug-likeness (QED) is 0.578. The number of nitrogens with zero attached hydrogens (tertiary/aromatic N) is 2. The van der Waals surface area contributed by atoms with Gasteiger partial charge in [0.1, 0.15) is 5.60 Å². The van der Waals surface area contributed by atoms with Crippen molar-refractivity contribution in [2.24, 2.45) is 16.3 Å². The molecule has 1 saturated carbocycles.